The van der Waals surface area contributed by atoms with Gasteiger partial charge in [-0.2, -0.15) is 0 Å². The number of thiazole rings is 1. The summed E-state index contributed by atoms with van der Waals surface area (Å²) in [4.78, 5) is 11.8. The van der Waals surface area contributed by atoms with Crippen LogP contribution in [0.3, 0.4) is 0 Å². The van der Waals surface area contributed by atoms with Gasteiger partial charge in [0.15, 0.2) is 5.96 Å². The summed E-state index contributed by atoms with van der Waals surface area (Å²) in [5.41, 5.74) is 1.12. The smallest absolute Gasteiger partial charge is 0.193 e. The van der Waals surface area contributed by atoms with Gasteiger partial charge in [0.25, 0.3) is 0 Å². The lowest BCUT2D eigenvalue weighted by atomic mass is 10.3. The van der Waals surface area contributed by atoms with Crippen molar-refractivity contribution in [3.63, 3.8) is 0 Å². The summed E-state index contributed by atoms with van der Waals surface area (Å²) in [6.07, 6.45) is 4.65. The molecular formula is C17H25IN4S. The highest BCUT2D eigenvalue weighted by atomic mass is 127. The minimum atomic E-state index is 0. The lowest BCUT2D eigenvalue weighted by Crippen LogP contribution is -2.39. The average molecular weight is 444 g/mol. The first-order valence-electron chi connectivity index (χ1n) is 8.24. The van der Waals surface area contributed by atoms with Crippen molar-refractivity contribution >= 4 is 51.5 Å². The van der Waals surface area contributed by atoms with E-state index in [2.05, 4.69) is 46.4 Å². The van der Waals surface area contributed by atoms with Crippen LogP contribution < -0.4 is 5.32 Å². The van der Waals surface area contributed by atoms with Gasteiger partial charge in [-0.1, -0.05) is 12.1 Å². The molecule has 3 rings (SSSR count). The summed E-state index contributed by atoms with van der Waals surface area (Å²) in [5.74, 6) is 1.09. The summed E-state index contributed by atoms with van der Waals surface area (Å²) in [5, 5.41) is 4.63. The molecular weight excluding hydrogens is 419 g/mol. The zero-order chi connectivity index (χ0) is 15.2. The Balaban J connectivity index is 0.00000192. The Hall–Kier alpha value is -0.890. The third kappa shape index (κ3) is 5.04. The van der Waals surface area contributed by atoms with Gasteiger partial charge in [-0.05, 0) is 38.3 Å². The SMILES string of the molecule is CCNC(=NCCCc1nc2ccccc2s1)N1CCCC1.I. The minimum absolute atomic E-state index is 0. The number of hydrogen-bond donors (Lipinski definition) is 1. The maximum Gasteiger partial charge on any atom is 0.193 e. The van der Waals surface area contributed by atoms with Crippen molar-refractivity contribution in [3.8, 4) is 0 Å². The van der Waals surface area contributed by atoms with E-state index in [1.54, 1.807) is 11.3 Å². The molecule has 0 amide bonds. The number of hydrogen-bond acceptors (Lipinski definition) is 3. The van der Waals surface area contributed by atoms with E-state index in [9.17, 15) is 0 Å². The molecule has 1 saturated heterocycles. The number of halogens is 1. The molecule has 2 aromatic rings. The second-order valence-electron chi connectivity index (χ2n) is 5.61. The summed E-state index contributed by atoms with van der Waals surface area (Å²) >= 11 is 1.81. The largest absolute Gasteiger partial charge is 0.357 e. The number of aromatic nitrogens is 1. The number of rotatable bonds is 5. The third-order valence-electron chi connectivity index (χ3n) is 3.89. The van der Waals surface area contributed by atoms with E-state index >= 15 is 0 Å². The van der Waals surface area contributed by atoms with Gasteiger partial charge in [-0.3, -0.25) is 4.99 Å². The topological polar surface area (TPSA) is 40.5 Å². The molecule has 126 valence electrons. The Kier molecular flexibility index (Phi) is 7.55. The van der Waals surface area contributed by atoms with Crippen LogP contribution in [0.15, 0.2) is 29.3 Å². The summed E-state index contributed by atoms with van der Waals surface area (Å²) in [6, 6.07) is 8.36. The average Bonchev–Trinajstić information content (AvgIpc) is 3.19. The van der Waals surface area contributed by atoms with Crippen molar-refractivity contribution in [2.24, 2.45) is 4.99 Å². The summed E-state index contributed by atoms with van der Waals surface area (Å²) < 4.78 is 1.28. The molecule has 23 heavy (non-hydrogen) atoms. The van der Waals surface area contributed by atoms with Gasteiger partial charge in [-0.15, -0.1) is 35.3 Å². The molecule has 1 aliphatic rings. The summed E-state index contributed by atoms with van der Waals surface area (Å²) in [6.45, 7) is 6.22. The molecule has 1 aromatic heterocycles. The van der Waals surface area contributed by atoms with Crippen molar-refractivity contribution in [1.29, 1.82) is 0 Å². The number of nitrogens with zero attached hydrogens (tertiary/aromatic N) is 3. The molecule has 1 aliphatic heterocycles. The van der Waals surface area contributed by atoms with E-state index < -0.39 is 0 Å². The molecule has 2 heterocycles. The van der Waals surface area contributed by atoms with Gasteiger partial charge in [-0.25, -0.2) is 4.98 Å². The van der Waals surface area contributed by atoms with Gasteiger partial charge >= 0.3 is 0 Å². The van der Waals surface area contributed by atoms with E-state index in [1.165, 1.54) is 22.5 Å². The van der Waals surface area contributed by atoms with Crippen LogP contribution in [0.5, 0.6) is 0 Å². The Morgan fingerprint density at radius 1 is 1.30 bits per heavy atom. The fourth-order valence-electron chi connectivity index (χ4n) is 2.80. The van der Waals surface area contributed by atoms with Crippen LogP contribution in [0.1, 0.15) is 31.2 Å². The fourth-order valence-corrected chi connectivity index (χ4v) is 3.81. The zero-order valence-corrected chi connectivity index (χ0v) is 16.8. The number of para-hydroxylation sites is 1. The molecule has 1 fully saturated rings. The van der Waals surface area contributed by atoms with Crippen molar-refractivity contribution in [2.75, 3.05) is 26.2 Å². The molecule has 0 unspecified atom stereocenters. The molecule has 0 radical (unpaired) electrons. The van der Waals surface area contributed by atoms with Crippen LogP contribution >= 0.6 is 35.3 Å². The zero-order valence-electron chi connectivity index (χ0n) is 13.6. The molecule has 0 atom stereocenters. The molecule has 0 spiro atoms. The number of aliphatic imine (C=N–C) groups is 1. The van der Waals surface area contributed by atoms with Gasteiger partial charge in [0.1, 0.15) is 0 Å². The lowest BCUT2D eigenvalue weighted by Gasteiger charge is -2.20. The van der Waals surface area contributed by atoms with E-state index in [0.29, 0.717) is 0 Å². The fraction of sp³-hybridized carbons (Fsp3) is 0.529. The minimum Gasteiger partial charge on any atom is -0.357 e. The molecule has 0 bridgehead atoms. The van der Waals surface area contributed by atoms with Crippen molar-refractivity contribution < 1.29 is 0 Å². The van der Waals surface area contributed by atoms with Crippen molar-refractivity contribution in [3.05, 3.63) is 29.3 Å². The molecule has 6 heteroatoms. The Morgan fingerprint density at radius 3 is 2.83 bits per heavy atom. The molecule has 0 aliphatic carbocycles. The highest BCUT2D eigenvalue weighted by Gasteiger charge is 2.15. The second kappa shape index (κ2) is 9.42. The quantitative estimate of drug-likeness (QED) is 0.329. The van der Waals surface area contributed by atoms with E-state index in [0.717, 1.165) is 50.5 Å². The van der Waals surface area contributed by atoms with Crippen LogP contribution in [0, 0.1) is 0 Å². The van der Waals surface area contributed by atoms with Crippen LogP contribution in [-0.2, 0) is 6.42 Å². The maximum atomic E-state index is 4.77. The first-order valence-corrected chi connectivity index (χ1v) is 9.06. The number of likely N-dealkylation sites (tertiary alicyclic amines) is 1. The maximum absolute atomic E-state index is 4.77. The molecule has 4 nitrogen and oxygen atoms in total. The predicted octanol–water partition coefficient (Wildman–Crippen LogP) is 3.91. The third-order valence-corrected chi connectivity index (χ3v) is 4.99. The van der Waals surface area contributed by atoms with E-state index in [4.69, 9.17) is 4.99 Å². The number of fused-ring (bicyclic) bond motifs is 1. The standard InChI is InChI=1S/C17H24N4S.HI/c1-2-18-17(21-12-5-6-13-21)19-11-7-10-16-20-14-8-3-4-9-15(14)22-16;/h3-4,8-9H,2,5-7,10-13H2,1H3,(H,18,19);1H. The highest BCUT2D eigenvalue weighted by molar-refractivity contribution is 14.0. The molecule has 1 aromatic carbocycles. The first kappa shape index (κ1) is 18.4. The normalized spacial score (nSPS) is 15.0. The van der Waals surface area contributed by atoms with Crippen LogP contribution in [0.4, 0.5) is 0 Å². The van der Waals surface area contributed by atoms with Gasteiger partial charge in [0.2, 0.25) is 0 Å². The van der Waals surface area contributed by atoms with Gasteiger partial charge in [0.05, 0.1) is 15.2 Å². The lowest BCUT2D eigenvalue weighted by molar-refractivity contribution is 0.493. The summed E-state index contributed by atoms with van der Waals surface area (Å²) in [7, 11) is 0. The van der Waals surface area contributed by atoms with Crippen molar-refractivity contribution in [1.82, 2.24) is 15.2 Å². The molecule has 0 saturated carbocycles. The Bertz CT molecular complexity index is 601. The Morgan fingerprint density at radius 2 is 2.09 bits per heavy atom. The number of benzene rings is 1. The van der Waals surface area contributed by atoms with Crippen LogP contribution in [0.25, 0.3) is 10.2 Å². The number of guanidine groups is 1. The monoisotopic (exact) mass is 444 g/mol. The van der Waals surface area contributed by atoms with Crippen molar-refractivity contribution in [2.45, 2.75) is 32.6 Å². The van der Waals surface area contributed by atoms with Crippen LogP contribution in [0.2, 0.25) is 0 Å². The number of nitrogens with one attached hydrogen (secondary N) is 1. The van der Waals surface area contributed by atoms with Crippen LogP contribution in [-0.4, -0.2) is 42.0 Å². The van der Waals surface area contributed by atoms with E-state index in [1.807, 2.05) is 0 Å². The number of aryl methyl sites for hydroxylation is 1. The Labute approximate surface area is 159 Å². The first-order chi connectivity index (χ1) is 10.9. The van der Waals surface area contributed by atoms with Gasteiger partial charge in [0, 0.05) is 32.6 Å². The molecule has 1 N–H and O–H groups in total. The second-order valence-corrected chi connectivity index (χ2v) is 6.72. The van der Waals surface area contributed by atoms with E-state index in [-0.39, 0.29) is 24.0 Å². The highest BCUT2D eigenvalue weighted by Crippen LogP contribution is 2.22. The predicted molar refractivity (Wildman–Crippen MR) is 110 cm³/mol. The van der Waals surface area contributed by atoms with Gasteiger partial charge < -0.3 is 10.2 Å².